The summed E-state index contributed by atoms with van der Waals surface area (Å²) in [4.78, 5) is 26.5. The second-order valence-electron chi connectivity index (χ2n) is 11.1. The van der Waals surface area contributed by atoms with Gasteiger partial charge in [0.05, 0.1) is 19.3 Å². The first-order chi connectivity index (χ1) is 20.7. The van der Waals surface area contributed by atoms with E-state index in [1.54, 1.807) is 0 Å². The van der Waals surface area contributed by atoms with Crippen molar-refractivity contribution in [3.05, 3.63) is 90.0 Å². The third-order valence-electron chi connectivity index (χ3n) is 7.01. The van der Waals surface area contributed by atoms with Crippen LogP contribution in [0.15, 0.2) is 78.9 Å². The molecule has 0 spiro atoms. The van der Waals surface area contributed by atoms with Crippen LogP contribution in [0.25, 0.3) is 22.5 Å². The number of nitrogens with one attached hydrogen (secondary N) is 3. The molecule has 0 bridgehead atoms. The maximum absolute atomic E-state index is 13.4. The Kier molecular flexibility index (Phi) is 11.1. The van der Waals surface area contributed by atoms with Crippen LogP contribution in [0.1, 0.15) is 44.2 Å². The molecule has 0 saturated heterocycles. The summed E-state index contributed by atoms with van der Waals surface area (Å²) in [7, 11) is 0. The number of carbonyl (C=O) groups is 2. The quantitative estimate of drug-likeness (QED) is 0.141. The summed E-state index contributed by atoms with van der Waals surface area (Å²) >= 11 is 0. The normalized spacial score (nSPS) is 12.1. The van der Waals surface area contributed by atoms with Crippen molar-refractivity contribution in [2.75, 3.05) is 13.2 Å². The number of rotatable bonds is 14. The van der Waals surface area contributed by atoms with E-state index in [4.69, 9.17) is 5.11 Å². The van der Waals surface area contributed by atoms with Crippen LogP contribution in [0.3, 0.4) is 0 Å². The molecule has 4 rings (SSSR count). The number of aromatic amines is 1. The Morgan fingerprint density at radius 3 is 2.33 bits per heavy atom. The number of H-pyrrole nitrogens is 1. The van der Waals surface area contributed by atoms with Crippen molar-refractivity contribution in [1.82, 2.24) is 36.4 Å². The molecule has 2 amide bonds. The lowest BCUT2D eigenvalue weighted by molar-refractivity contribution is -0.142. The molecule has 0 unspecified atom stereocenters. The molecule has 1 heterocycles. The van der Waals surface area contributed by atoms with Crippen molar-refractivity contribution < 1.29 is 19.8 Å². The van der Waals surface area contributed by atoms with Crippen molar-refractivity contribution in [1.29, 1.82) is 0 Å². The monoisotopic (exact) mass is 585 g/mol. The third kappa shape index (κ3) is 9.53. The van der Waals surface area contributed by atoms with E-state index in [9.17, 15) is 14.7 Å². The summed E-state index contributed by atoms with van der Waals surface area (Å²) in [5.74, 6) is -0.0201. The summed E-state index contributed by atoms with van der Waals surface area (Å²) < 4.78 is 0. The van der Waals surface area contributed by atoms with Crippen LogP contribution in [0.5, 0.6) is 0 Å². The number of aryl methyl sites for hydroxylation is 1. The number of aromatic nitrogens is 4. The molecule has 0 aliphatic heterocycles. The number of hydrogen-bond acceptors (Lipinski definition) is 8. The number of nitrogens with zero attached hydrogens (tertiary/aromatic N) is 4. The first kappa shape index (κ1) is 31.5. The highest BCUT2D eigenvalue weighted by Crippen LogP contribution is 2.30. The minimum Gasteiger partial charge on any atom is -0.394 e. The van der Waals surface area contributed by atoms with Gasteiger partial charge in [0.15, 0.2) is 0 Å². The van der Waals surface area contributed by atoms with Crippen LogP contribution in [0.2, 0.25) is 0 Å². The van der Waals surface area contributed by atoms with Gasteiger partial charge in [0.25, 0.3) is 0 Å². The fourth-order valence-corrected chi connectivity index (χ4v) is 4.70. The second kappa shape index (κ2) is 15.1. The Balaban J connectivity index is 1.46. The van der Waals surface area contributed by atoms with Crippen molar-refractivity contribution in [2.24, 2.45) is 0 Å². The van der Waals surface area contributed by atoms with Crippen LogP contribution in [0.4, 0.5) is 0 Å². The van der Waals surface area contributed by atoms with Gasteiger partial charge in [-0.3, -0.25) is 15.0 Å². The number of aliphatic hydroxyl groups is 2. The van der Waals surface area contributed by atoms with Gasteiger partial charge in [-0.2, -0.15) is 5.21 Å². The fourth-order valence-electron chi connectivity index (χ4n) is 4.70. The van der Waals surface area contributed by atoms with Gasteiger partial charge in [-0.1, -0.05) is 78.9 Å². The second-order valence-corrected chi connectivity index (χ2v) is 11.1. The zero-order valence-electron chi connectivity index (χ0n) is 24.5. The highest BCUT2D eigenvalue weighted by Gasteiger charge is 2.25. The molecular formula is C32H39N7O4. The molecule has 226 valence electrons. The van der Waals surface area contributed by atoms with Crippen molar-refractivity contribution in [2.45, 2.75) is 57.7 Å². The van der Waals surface area contributed by atoms with E-state index in [1.807, 2.05) is 92.7 Å². The molecule has 1 atom stereocenters. The molecular weight excluding hydrogens is 546 g/mol. The van der Waals surface area contributed by atoms with Gasteiger partial charge in [-0.05, 0) is 54.2 Å². The van der Waals surface area contributed by atoms with Gasteiger partial charge in [-0.15, -0.1) is 10.2 Å². The van der Waals surface area contributed by atoms with E-state index in [1.165, 1.54) is 5.01 Å². The minimum atomic E-state index is -0.924. The molecule has 11 nitrogen and oxygen atoms in total. The number of amides is 2. The highest BCUT2D eigenvalue weighted by atomic mass is 16.3. The first-order valence-corrected chi connectivity index (χ1v) is 14.3. The Labute approximate surface area is 251 Å². The summed E-state index contributed by atoms with van der Waals surface area (Å²) in [6, 6.07) is 25.5. The number of aliphatic hydroxyl groups excluding tert-OH is 2. The van der Waals surface area contributed by atoms with Gasteiger partial charge >= 0.3 is 0 Å². The summed E-state index contributed by atoms with van der Waals surface area (Å²) in [5.41, 5.74) is 6.88. The van der Waals surface area contributed by atoms with Crippen LogP contribution in [-0.2, 0) is 22.6 Å². The number of carbonyl (C=O) groups excluding carboxylic acids is 2. The molecule has 1 aromatic heterocycles. The van der Waals surface area contributed by atoms with Crippen LogP contribution in [0, 0.1) is 0 Å². The third-order valence-corrected chi connectivity index (χ3v) is 7.01. The molecule has 0 saturated carbocycles. The number of hydrogen-bond donors (Lipinski definition) is 5. The Hall–Kier alpha value is -4.45. The molecule has 3 aromatic carbocycles. The van der Waals surface area contributed by atoms with Crippen LogP contribution in [-0.4, -0.2) is 72.5 Å². The topological polar surface area (TPSA) is 156 Å². The standard InChI is InChI=1S/C32H39N7O4/c1-32(2,33-20-26(41)22-40)19-29(42)36-39(30(43)14-8-11-23-9-4-3-5-10-23)21-24-15-17-25(18-16-24)27-12-6-7-13-28(27)31-34-37-38-35-31/h3-7,9-10,12-13,15-18,26,33,40-41H,8,11,14,19-22H2,1-2H3,(H,36,42)(H,34,35,37,38)/t26-/m0/s1. The van der Waals surface area contributed by atoms with Crippen molar-refractivity contribution >= 4 is 11.8 Å². The lowest BCUT2D eigenvalue weighted by atomic mass is 9.98. The van der Waals surface area contributed by atoms with E-state index in [-0.39, 0.29) is 44.4 Å². The molecule has 0 radical (unpaired) electrons. The lowest BCUT2D eigenvalue weighted by Crippen LogP contribution is -2.51. The predicted octanol–water partition coefficient (Wildman–Crippen LogP) is 3.03. The maximum Gasteiger partial charge on any atom is 0.241 e. The Bertz CT molecular complexity index is 1440. The summed E-state index contributed by atoms with van der Waals surface area (Å²) in [6.45, 7) is 3.62. The van der Waals surface area contributed by atoms with Gasteiger partial charge in [0.1, 0.15) is 0 Å². The van der Waals surface area contributed by atoms with Crippen molar-refractivity contribution in [3.63, 3.8) is 0 Å². The van der Waals surface area contributed by atoms with Crippen molar-refractivity contribution in [3.8, 4) is 22.5 Å². The minimum absolute atomic E-state index is 0.0603. The molecule has 0 aliphatic carbocycles. The van der Waals surface area contributed by atoms with E-state index < -0.39 is 11.6 Å². The summed E-state index contributed by atoms with van der Waals surface area (Å²) in [6.07, 6.45) is 0.813. The maximum atomic E-state index is 13.4. The van der Waals surface area contributed by atoms with Gasteiger partial charge in [-0.25, -0.2) is 5.01 Å². The molecule has 43 heavy (non-hydrogen) atoms. The van der Waals surface area contributed by atoms with Crippen LogP contribution < -0.4 is 10.7 Å². The van der Waals surface area contributed by atoms with E-state index in [0.29, 0.717) is 12.2 Å². The zero-order valence-corrected chi connectivity index (χ0v) is 24.5. The fraction of sp³-hybridized carbons (Fsp3) is 0.344. The number of hydrazine groups is 1. The summed E-state index contributed by atoms with van der Waals surface area (Å²) in [5, 5.41) is 37.6. The Morgan fingerprint density at radius 2 is 1.65 bits per heavy atom. The number of β-amino-alcohol motifs (C(OH)–C–C–N with tert-alkyl or cyclic N) is 1. The van der Waals surface area contributed by atoms with Gasteiger partial charge in [0.2, 0.25) is 17.6 Å². The highest BCUT2D eigenvalue weighted by molar-refractivity contribution is 5.83. The largest absolute Gasteiger partial charge is 0.394 e. The molecule has 0 fully saturated rings. The van der Waals surface area contributed by atoms with Gasteiger partial charge < -0.3 is 15.5 Å². The lowest BCUT2D eigenvalue weighted by Gasteiger charge is -2.29. The first-order valence-electron chi connectivity index (χ1n) is 14.3. The molecule has 11 heteroatoms. The molecule has 0 aliphatic rings. The average Bonchev–Trinajstić information content (AvgIpc) is 3.55. The zero-order chi connectivity index (χ0) is 30.7. The smallest absolute Gasteiger partial charge is 0.241 e. The van der Waals surface area contributed by atoms with Gasteiger partial charge in [0, 0.05) is 30.5 Å². The SMILES string of the molecule is CC(C)(CC(=O)NN(Cc1ccc(-c2ccccc2-c2nn[nH]n2)cc1)C(=O)CCCc1ccccc1)NC[C@H](O)CO. The average molecular weight is 586 g/mol. The molecule has 5 N–H and O–H groups in total. The van der Waals surface area contributed by atoms with E-state index >= 15 is 0 Å². The predicted molar refractivity (Wildman–Crippen MR) is 163 cm³/mol. The van der Waals surface area contributed by atoms with E-state index in [0.717, 1.165) is 34.2 Å². The Morgan fingerprint density at radius 1 is 0.953 bits per heavy atom. The number of benzene rings is 3. The number of tetrazole rings is 1. The van der Waals surface area contributed by atoms with E-state index in [2.05, 4.69) is 31.4 Å². The molecule has 4 aromatic rings. The van der Waals surface area contributed by atoms with Crippen LogP contribution >= 0.6 is 0 Å².